The van der Waals surface area contributed by atoms with E-state index in [1.165, 1.54) is 11.1 Å². The molecule has 1 N–H and O–H groups in total. The molecule has 2 rings (SSSR count). The Morgan fingerprint density at radius 2 is 2.19 bits per heavy atom. The Hall–Kier alpha value is -1.06. The van der Waals surface area contributed by atoms with Crippen LogP contribution in [0.5, 0.6) is 5.75 Å². The lowest BCUT2D eigenvalue weighted by molar-refractivity contribution is 0.325. The molecule has 0 amide bonds. The van der Waals surface area contributed by atoms with Crippen LogP contribution in [0.1, 0.15) is 11.1 Å². The molecule has 0 fully saturated rings. The number of nitrogens with zero attached hydrogens (tertiary/aromatic N) is 1. The van der Waals surface area contributed by atoms with Crippen molar-refractivity contribution in [2.24, 2.45) is 0 Å². The second-order valence-corrected chi connectivity index (χ2v) is 4.68. The summed E-state index contributed by atoms with van der Waals surface area (Å²) in [5, 5.41) is 3.56. The summed E-state index contributed by atoms with van der Waals surface area (Å²) in [6.45, 7) is 2.05. The van der Waals surface area contributed by atoms with Crippen molar-refractivity contribution in [1.29, 1.82) is 0 Å². The highest BCUT2D eigenvalue weighted by Crippen LogP contribution is 2.22. The van der Waals surface area contributed by atoms with Gasteiger partial charge in [0.25, 0.3) is 0 Å². The van der Waals surface area contributed by atoms with Gasteiger partial charge in [-0.2, -0.15) is 0 Å². The molecule has 1 unspecified atom stereocenters. The zero-order valence-corrected chi connectivity index (χ0v) is 10.3. The molecule has 0 aromatic heterocycles. The summed E-state index contributed by atoms with van der Waals surface area (Å²) in [5.41, 5.74) is 2.82. The molecule has 1 aromatic rings. The van der Waals surface area contributed by atoms with E-state index < -0.39 is 0 Å². The van der Waals surface area contributed by atoms with Gasteiger partial charge in [-0.3, -0.25) is 0 Å². The van der Waals surface area contributed by atoms with Gasteiger partial charge >= 0.3 is 0 Å². The van der Waals surface area contributed by atoms with Crippen molar-refractivity contribution in [3.05, 3.63) is 29.3 Å². The summed E-state index contributed by atoms with van der Waals surface area (Å²) in [5.74, 6) is 0.962. The fourth-order valence-electron chi connectivity index (χ4n) is 2.25. The van der Waals surface area contributed by atoms with Crippen LogP contribution in [0.2, 0.25) is 0 Å². The van der Waals surface area contributed by atoms with Gasteiger partial charge in [-0.25, -0.2) is 0 Å². The number of methoxy groups -OCH3 is 1. The Kier molecular flexibility index (Phi) is 3.46. The minimum atomic E-state index is 0.551. The van der Waals surface area contributed by atoms with E-state index in [0.717, 1.165) is 25.3 Å². The number of hydrogen-bond acceptors (Lipinski definition) is 3. The van der Waals surface area contributed by atoms with Crippen molar-refractivity contribution in [3.8, 4) is 5.75 Å². The predicted octanol–water partition coefficient (Wildman–Crippen LogP) is 1.27. The molecule has 1 atom stereocenters. The standard InChI is InChI=1S/C13H20N2O/c1-15(2)9-12-6-11-7-13(16-3)5-4-10(11)8-14-12/h4-5,7,12,14H,6,8-9H2,1-3H3. The third-order valence-electron chi connectivity index (χ3n) is 3.05. The molecule has 3 nitrogen and oxygen atoms in total. The van der Waals surface area contributed by atoms with Crippen molar-refractivity contribution in [2.45, 2.75) is 19.0 Å². The summed E-state index contributed by atoms with van der Waals surface area (Å²) in [6, 6.07) is 6.91. The lowest BCUT2D eigenvalue weighted by Crippen LogP contribution is -2.42. The number of fused-ring (bicyclic) bond motifs is 1. The van der Waals surface area contributed by atoms with Gasteiger partial charge in [0.1, 0.15) is 5.75 Å². The highest BCUT2D eigenvalue weighted by molar-refractivity contribution is 5.37. The van der Waals surface area contributed by atoms with Crippen LogP contribution in [0.4, 0.5) is 0 Å². The number of likely N-dealkylation sites (N-methyl/N-ethyl adjacent to an activating group) is 1. The Balaban J connectivity index is 2.12. The van der Waals surface area contributed by atoms with Crippen LogP contribution in [0.15, 0.2) is 18.2 Å². The van der Waals surface area contributed by atoms with Gasteiger partial charge in [-0.1, -0.05) is 6.07 Å². The molecule has 1 aromatic carbocycles. The van der Waals surface area contributed by atoms with Crippen LogP contribution in [0, 0.1) is 0 Å². The molecule has 1 aliphatic rings. The molecule has 3 heteroatoms. The number of rotatable bonds is 3. The molecule has 1 heterocycles. The smallest absolute Gasteiger partial charge is 0.119 e. The fourth-order valence-corrected chi connectivity index (χ4v) is 2.25. The Labute approximate surface area is 97.4 Å². The van der Waals surface area contributed by atoms with Crippen LogP contribution in [-0.4, -0.2) is 38.7 Å². The van der Waals surface area contributed by atoms with E-state index >= 15 is 0 Å². The highest BCUT2D eigenvalue weighted by Gasteiger charge is 2.18. The largest absolute Gasteiger partial charge is 0.497 e. The normalized spacial score (nSPS) is 19.6. The van der Waals surface area contributed by atoms with Crippen molar-refractivity contribution in [2.75, 3.05) is 27.7 Å². The molecular formula is C13H20N2O. The van der Waals surface area contributed by atoms with E-state index in [-0.39, 0.29) is 0 Å². The second kappa shape index (κ2) is 4.85. The van der Waals surface area contributed by atoms with E-state index in [9.17, 15) is 0 Å². The fraction of sp³-hybridized carbons (Fsp3) is 0.538. The molecule has 0 saturated carbocycles. The van der Waals surface area contributed by atoms with Crippen LogP contribution >= 0.6 is 0 Å². The SMILES string of the molecule is COc1ccc2c(c1)CC(CN(C)C)NC2. The summed E-state index contributed by atoms with van der Waals surface area (Å²) in [6.07, 6.45) is 1.09. The quantitative estimate of drug-likeness (QED) is 0.830. The maximum Gasteiger partial charge on any atom is 0.119 e. The van der Waals surface area contributed by atoms with Crippen molar-refractivity contribution < 1.29 is 4.74 Å². The molecule has 0 saturated heterocycles. The predicted molar refractivity (Wildman–Crippen MR) is 65.9 cm³/mol. The van der Waals surface area contributed by atoms with E-state index in [1.54, 1.807) is 7.11 Å². The highest BCUT2D eigenvalue weighted by atomic mass is 16.5. The number of hydrogen-bond donors (Lipinski definition) is 1. The summed E-state index contributed by atoms with van der Waals surface area (Å²) >= 11 is 0. The van der Waals surface area contributed by atoms with Crippen molar-refractivity contribution in [1.82, 2.24) is 10.2 Å². The lowest BCUT2D eigenvalue weighted by atomic mass is 9.95. The van der Waals surface area contributed by atoms with Crippen molar-refractivity contribution in [3.63, 3.8) is 0 Å². The molecule has 16 heavy (non-hydrogen) atoms. The zero-order valence-electron chi connectivity index (χ0n) is 10.3. The van der Waals surface area contributed by atoms with E-state index in [0.29, 0.717) is 6.04 Å². The number of nitrogens with one attached hydrogen (secondary N) is 1. The van der Waals surface area contributed by atoms with E-state index in [2.05, 4.69) is 36.4 Å². The molecule has 88 valence electrons. The average Bonchev–Trinajstić information content (AvgIpc) is 2.27. The van der Waals surface area contributed by atoms with Crippen LogP contribution in [-0.2, 0) is 13.0 Å². The number of benzene rings is 1. The van der Waals surface area contributed by atoms with Gasteiger partial charge in [0.05, 0.1) is 7.11 Å². The Bertz CT molecular complexity index is 363. The summed E-state index contributed by atoms with van der Waals surface area (Å²) in [4.78, 5) is 2.23. The molecule has 0 spiro atoms. The molecule has 0 aliphatic carbocycles. The van der Waals surface area contributed by atoms with Crippen molar-refractivity contribution >= 4 is 0 Å². The van der Waals surface area contributed by atoms with Gasteiger partial charge in [-0.15, -0.1) is 0 Å². The maximum absolute atomic E-state index is 5.27. The molecule has 0 bridgehead atoms. The first-order valence-electron chi connectivity index (χ1n) is 5.73. The Morgan fingerprint density at radius 3 is 2.88 bits per heavy atom. The lowest BCUT2D eigenvalue weighted by Gasteiger charge is -2.28. The minimum Gasteiger partial charge on any atom is -0.497 e. The van der Waals surface area contributed by atoms with Gasteiger partial charge < -0.3 is 15.0 Å². The third kappa shape index (κ3) is 2.54. The van der Waals surface area contributed by atoms with Gasteiger partial charge in [-0.05, 0) is 43.8 Å². The van der Waals surface area contributed by atoms with Gasteiger partial charge in [0.15, 0.2) is 0 Å². The van der Waals surface area contributed by atoms with Crippen LogP contribution < -0.4 is 10.1 Å². The maximum atomic E-state index is 5.27. The van der Waals surface area contributed by atoms with E-state index in [4.69, 9.17) is 4.74 Å². The topological polar surface area (TPSA) is 24.5 Å². The monoisotopic (exact) mass is 220 g/mol. The molecule has 1 aliphatic heterocycles. The Morgan fingerprint density at radius 1 is 1.38 bits per heavy atom. The van der Waals surface area contributed by atoms with Crippen LogP contribution in [0.25, 0.3) is 0 Å². The van der Waals surface area contributed by atoms with Crippen LogP contribution in [0.3, 0.4) is 0 Å². The first-order valence-corrected chi connectivity index (χ1v) is 5.73. The first kappa shape index (κ1) is 11.4. The molecule has 0 radical (unpaired) electrons. The average molecular weight is 220 g/mol. The first-order chi connectivity index (χ1) is 7.69. The zero-order chi connectivity index (χ0) is 11.5. The third-order valence-corrected chi connectivity index (χ3v) is 3.05. The minimum absolute atomic E-state index is 0.551. The number of ether oxygens (including phenoxy) is 1. The van der Waals surface area contributed by atoms with E-state index in [1.807, 2.05) is 6.07 Å². The second-order valence-electron chi connectivity index (χ2n) is 4.68. The van der Waals surface area contributed by atoms with Gasteiger partial charge in [0.2, 0.25) is 0 Å². The summed E-state index contributed by atoms with van der Waals surface area (Å²) in [7, 11) is 5.95. The van der Waals surface area contributed by atoms with Gasteiger partial charge in [0, 0.05) is 19.1 Å². The molecular weight excluding hydrogens is 200 g/mol. The summed E-state index contributed by atoms with van der Waals surface area (Å²) < 4.78 is 5.27.